The van der Waals surface area contributed by atoms with Crippen molar-refractivity contribution in [2.45, 2.75) is 0 Å². The second-order valence-electron chi connectivity index (χ2n) is 3.34. The maximum atomic E-state index is 4.01. The van der Waals surface area contributed by atoms with Gasteiger partial charge in [-0.05, 0) is 17.7 Å². The average Bonchev–Trinajstić information content (AvgIpc) is 2.31. The van der Waals surface area contributed by atoms with Crippen LogP contribution in [0.2, 0.25) is 0 Å². The van der Waals surface area contributed by atoms with Crippen LogP contribution < -0.4 is 5.32 Å². The molecule has 1 nitrogen and oxygen atoms in total. The lowest BCUT2D eigenvalue weighted by molar-refractivity contribution is 1.54. The Labute approximate surface area is 90.1 Å². The zero-order chi connectivity index (χ0) is 10.5. The molecule has 0 aliphatic rings. The maximum absolute atomic E-state index is 4.01. The molecule has 0 spiro atoms. The van der Waals surface area contributed by atoms with Gasteiger partial charge in [0.05, 0.1) is 0 Å². The van der Waals surface area contributed by atoms with E-state index in [0.29, 0.717) is 0 Å². The Balaban J connectivity index is 2.12. The van der Waals surface area contributed by atoms with E-state index in [9.17, 15) is 0 Å². The molecule has 0 unspecified atom stereocenters. The molecule has 74 valence electrons. The van der Waals surface area contributed by atoms with Crippen LogP contribution >= 0.6 is 0 Å². The standard InChI is InChI=1S/C14H13N/c1-12(13-8-4-2-5-9-13)15-14-10-6-3-7-11-14/h2-11,15H,1H2. The van der Waals surface area contributed by atoms with Crippen molar-refractivity contribution in [2.75, 3.05) is 5.32 Å². The van der Waals surface area contributed by atoms with E-state index in [0.717, 1.165) is 16.9 Å². The molecule has 0 amide bonds. The SMILES string of the molecule is C=C(Nc1ccccc1)c1ccccc1. The van der Waals surface area contributed by atoms with E-state index < -0.39 is 0 Å². The summed E-state index contributed by atoms with van der Waals surface area (Å²) in [7, 11) is 0. The quantitative estimate of drug-likeness (QED) is 0.786. The van der Waals surface area contributed by atoms with Gasteiger partial charge in [-0.3, -0.25) is 0 Å². The molecule has 0 aliphatic heterocycles. The summed E-state index contributed by atoms with van der Waals surface area (Å²) in [5.41, 5.74) is 3.09. The van der Waals surface area contributed by atoms with Gasteiger partial charge in [-0.25, -0.2) is 0 Å². The van der Waals surface area contributed by atoms with Crippen LogP contribution in [0.1, 0.15) is 5.56 Å². The van der Waals surface area contributed by atoms with E-state index in [4.69, 9.17) is 0 Å². The number of para-hydroxylation sites is 1. The third kappa shape index (κ3) is 2.47. The molecular formula is C14H13N. The average molecular weight is 195 g/mol. The molecule has 0 aromatic heterocycles. The first-order chi connectivity index (χ1) is 7.36. The Morgan fingerprint density at radius 3 is 1.93 bits per heavy atom. The van der Waals surface area contributed by atoms with Gasteiger partial charge < -0.3 is 5.32 Å². The Bertz CT molecular complexity index is 431. The number of nitrogens with one attached hydrogen (secondary N) is 1. The molecular weight excluding hydrogens is 182 g/mol. The summed E-state index contributed by atoms with van der Waals surface area (Å²) in [5, 5.41) is 3.26. The second-order valence-corrected chi connectivity index (χ2v) is 3.34. The summed E-state index contributed by atoms with van der Waals surface area (Å²) in [4.78, 5) is 0. The Morgan fingerprint density at radius 1 is 0.800 bits per heavy atom. The number of benzene rings is 2. The van der Waals surface area contributed by atoms with Crippen LogP contribution in [0.25, 0.3) is 5.70 Å². The van der Waals surface area contributed by atoms with Crippen LogP contribution in [0.3, 0.4) is 0 Å². The van der Waals surface area contributed by atoms with Gasteiger partial charge in [0.25, 0.3) is 0 Å². The van der Waals surface area contributed by atoms with Crippen molar-refractivity contribution in [2.24, 2.45) is 0 Å². The minimum atomic E-state index is 0.918. The van der Waals surface area contributed by atoms with Crippen LogP contribution in [0.5, 0.6) is 0 Å². The molecule has 0 heterocycles. The molecule has 2 aromatic carbocycles. The topological polar surface area (TPSA) is 12.0 Å². The Hall–Kier alpha value is -2.02. The predicted molar refractivity (Wildman–Crippen MR) is 65.5 cm³/mol. The highest BCUT2D eigenvalue weighted by atomic mass is 14.9. The lowest BCUT2D eigenvalue weighted by Crippen LogP contribution is -1.96. The van der Waals surface area contributed by atoms with Gasteiger partial charge in [0.15, 0.2) is 0 Å². The molecule has 1 heteroatoms. The summed E-state index contributed by atoms with van der Waals surface area (Å²) in [6.45, 7) is 4.01. The second kappa shape index (κ2) is 4.47. The Morgan fingerprint density at radius 2 is 1.33 bits per heavy atom. The molecule has 0 saturated carbocycles. The van der Waals surface area contributed by atoms with E-state index in [-0.39, 0.29) is 0 Å². The summed E-state index contributed by atoms with van der Waals surface area (Å²) in [5.74, 6) is 0. The van der Waals surface area contributed by atoms with Crippen molar-refractivity contribution in [3.63, 3.8) is 0 Å². The number of hydrogen-bond acceptors (Lipinski definition) is 1. The van der Waals surface area contributed by atoms with E-state index >= 15 is 0 Å². The minimum Gasteiger partial charge on any atom is -0.356 e. The van der Waals surface area contributed by atoms with Crippen LogP contribution in [-0.2, 0) is 0 Å². The van der Waals surface area contributed by atoms with Crippen molar-refractivity contribution < 1.29 is 0 Å². The highest BCUT2D eigenvalue weighted by Gasteiger charge is 1.96. The van der Waals surface area contributed by atoms with Gasteiger partial charge in [0, 0.05) is 11.4 Å². The molecule has 2 aromatic rings. The molecule has 15 heavy (non-hydrogen) atoms. The molecule has 0 atom stereocenters. The molecule has 0 fully saturated rings. The third-order valence-corrected chi connectivity index (χ3v) is 2.19. The molecule has 2 rings (SSSR count). The minimum absolute atomic E-state index is 0.918. The van der Waals surface area contributed by atoms with Gasteiger partial charge >= 0.3 is 0 Å². The first-order valence-corrected chi connectivity index (χ1v) is 4.92. The van der Waals surface area contributed by atoms with Gasteiger partial charge in [0.1, 0.15) is 0 Å². The highest BCUT2D eigenvalue weighted by Crippen LogP contribution is 2.15. The van der Waals surface area contributed by atoms with Crippen molar-refractivity contribution >= 4 is 11.4 Å². The summed E-state index contributed by atoms with van der Waals surface area (Å²) < 4.78 is 0. The fourth-order valence-electron chi connectivity index (χ4n) is 1.41. The van der Waals surface area contributed by atoms with Gasteiger partial charge in [0.2, 0.25) is 0 Å². The molecule has 0 aliphatic carbocycles. The van der Waals surface area contributed by atoms with Crippen molar-refractivity contribution in [3.05, 3.63) is 72.8 Å². The lowest BCUT2D eigenvalue weighted by Gasteiger charge is -2.09. The highest BCUT2D eigenvalue weighted by molar-refractivity contribution is 5.74. The number of hydrogen-bond donors (Lipinski definition) is 1. The van der Waals surface area contributed by atoms with Gasteiger partial charge in [-0.1, -0.05) is 55.1 Å². The van der Waals surface area contributed by atoms with Crippen LogP contribution in [0.4, 0.5) is 5.69 Å². The summed E-state index contributed by atoms with van der Waals surface area (Å²) in [6, 6.07) is 20.1. The van der Waals surface area contributed by atoms with E-state index in [1.54, 1.807) is 0 Å². The van der Waals surface area contributed by atoms with Crippen LogP contribution in [0.15, 0.2) is 67.2 Å². The van der Waals surface area contributed by atoms with E-state index in [1.165, 1.54) is 0 Å². The van der Waals surface area contributed by atoms with Gasteiger partial charge in [-0.2, -0.15) is 0 Å². The predicted octanol–water partition coefficient (Wildman–Crippen LogP) is 3.77. The summed E-state index contributed by atoms with van der Waals surface area (Å²) in [6.07, 6.45) is 0. The number of rotatable bonds is 3. The largest absolute Gasteiger partial charge is 0.356 e. The fourth-order valence-corrected chi connectivity index (χ4v) is 1.41. The maximum Gasteiger partial charge on any atom is 0.0384 e. The third-order valence-electron chi connectivity index (χ3n) is 2.19. The zero-order valence-electron chi connectivity index (χ0n) is 8.48. The molecule has 1 N–H and O–H groups in total. The van der Waals surface area contributed by atoms with E-state index in [1.807, 2.05) is 60.7 Å². The fraction of sp³-hybridized carbons (Fsp3) is 0. The first-order valence-electron chi connectivity index (χ1n) is 4.92. The smallest absolute Gasteiger partial charge is 0.0384 e. The number of anilines is 1. The van der Waals surface area contributed by atoms with E-state index in [2.05, 4.69) is 11.9 Å². The Kier molecular flexibility index (Phi) is 2.84. The van der Waals surface area contributed by atoms with Crippen molar-refractivity contribution in [1.82, 2.24) is 0 Å². The first kappa shape index (κ1) is 9.53. The van der Waals surface area contributed by atoms with Crippen LogP contribution in [0, 0.1) is 0 Å². The zero-order valence-corrected chi connectivity index (χ0v) is 8.48. The van der Waals surface area contributed by atoms with Gasteiger partial charge in [-0.15, -0.1) is 0 Å². The van der Waals surface area contributed by atoms with Crippen molar-refractivity contribution in [1.29, 1.82) is 0 Å². The monoisotopic (exact) mass is 195 g/mol. The molecule has 0 saturated heterocycles. The molecule has 0 radical (unpaired) electrons. The summed E-state index contributed by atoms with van der Waals surface area (Å²) >= 11 is 0. The van der Waals surface area contributed by atoms with Crippen molar-refractivity contribution in [3.8, 4) is 0 Å². The molecule has 0 bridgehead atoms. The normalized spacial score (nSPS) is 9.60. The van der Waals surface area contributed by atoms with Crippen LogP contribution in [-0.4, -0.2) is 0 Å². The lowest BCUT2D eigenvalue weighted by atomic mass is 10.1.